The summed E-state index contributed by atoms with van der Waals surface area (Å²) in [6, 6.07) is 5.93. The van der Waals surface area contributed by atoms with Crippen molar-refractivity contribution in [2.24, 2.45) is 17.8 Å². The van der Waals surface area contributed by atoms with Crippen LogP contribution < -0.4 is 15.8 Å². The fourth-order valence-corrected chi connectivity index (χ4v) is 2.87. The zero-order chi connectivity index (χ0) is 12.5. The van der Waals surface area contributed by atoms with Gasteiger partial charge in [-0.1, -0.05) is 6.07 Å². The molecule has 0 bridgehead atoms. The normalized spacial score (nSPS) is 19.0. The fraction of sp³-hybridized carbons (Fsp3) is 0.600. The van der Waals surface area contributed by atoms with Crippen LogP contribution >= 0.6 is 0 Å². The lowest BCUT2D eigenvalue weighted by atomic mass is 9.98. The summed E-state index contributed by atoms with van der Waals surface area (Å²) < 4.78 is 5.25. The van der Waals surface area contributed by atoms with Crippen LogP contribution in [0.2, 0.25) is 0 Å². The van der Waals surface area contributed by atoms with Gasteiger partial charge in [0.15, 0.2) is 0 Å². The summed E-state index contributed by atoms with van der Waals surface area (Å²) in [7, 11) is 1.66. The van der Waals surface area contributed by atoms with Gasteiger partial charge in [0.25, 0.3) is 0 Å². The highest BCUT2D eigenvalue weighted by Crippen LogP contribution is 2.49. The van der Waals surface area contributed by atoms with Crippen LogP contribution in [0.1, 0.15) is 25.7 Å². The minimum atomic E-state index is 0.727. The molecule has 3 heteroatoms. The summed E-state index contributed by atoms with van der Waals surface area (Å²) in [5.41, 5.74) is 7.82. The smallest absolute Gasteiger partial charge is 0.143 e. The van der Waals surface area contributed by atoms with Gasteiger partial charge in [0.1, 0.15) is 5.75 Å². The molecule has 0 unspecified atom stereocenters. The van der Waals surface area contributed by atoms with E-state index in [1.807, 2.05) is 18.2 Å². The van der Waals surface area contributed by atoms with E-state index in [0.717, 1.165) is 41.4 Å². The number of benzene rings is 1. The number of para-hydroxylation sites is 1. The van der Waals surface area contributed by atoms with Gasteiger partial charge in [-0.05, 0) is 55.6 Å². The highest BCUT2D eigenvalue weighted by atomic mass is 16.5. The molecular weight excluding hydrogens is 224 g/mol. The largest absolute Gasteiger partial charge is 0.495 e. The Balaban J connectivity index is 1.65. The molecule has 1 aromatic carbocycles. The summed E-state index contributed by atoms with van der Waals surface area (Å²) >= 11 is 0. The summed E-state index contributed by atoms with van der Waals surface area (Å²) in [6.45, 7) is 1.06. The van der Waals surface area contributed by atoms with Crippen LogP contribution in [0, 0.1) is 17.8 Å². The van der Waals surface area contributed by atoms with Gasteiger partial charge in [-0.2, -0.15) is 0 Å². The van der Waals surface area contributed by atoms with Gasteiger partial charge >= 0.3 is 0 Å². The maximum absolute atomic E-state index is 6.08. The minimum Gasteiger partial charge on any atom is -0.495 e. The van der Waals surface area contributed by atoms with Gasteiger partial charge in [-0.3, -0.25) is 0 Å². The molecule has 2 saturated carbocycles. The average molecular weight is 246 g/mol. The monoisotopic (exact) mass is 246 g/mol. The molecule has 0 saturated heterocycles. The molecule has 3 N–H and O–H groups in total. The van der Waals surface area contributed by atoms with Crippen molar-refractivity contribution in [1.29, 1.82) is 0 Å². The first-order valence-corrected chi connectivity index (χ1v) is 6.96. The number of hydrogen-bond donors (Lipinski definition) is 2. The van der Waals surface area contributed by atoms with Crippen LogP contribution in [-0.4, -0.2) is 13.7 Å². The molecular formula is C15H22N2O. The number of methoxy groups -OCH3 is 1. The van der Waals surface area contributed by atoms with Gasteiger partial charge in [0.2, 0.25) is 0 Å². The van der Waals surface area contributed by atoms with Gasteiger partial charge < -0.3 is 15.8 Å². The quantitative estimate of drug-likeness (QED) is 0.758. The standard InChI is InChI=1S/C15H22N2O/c1-18-14-4-2-3-13(15(14)16)17-9-12(10-5-6-10)11-7-8-11/h2-4,10-12,17H,5-9,16H2,1H3. The van der Waals surface area contributed by atoms with E-state index in [4.69, 9.17) is 10.5 Å². The molecule has 3 rings (SSSR count). The van der Waals surface area contributed by atoms with Crippen molar-refractivity contribution in [3.8, 4) is 5.75 Å². The minimum absolute atomic E-state index is 0.727. The first-order chi connectivity index (χ1) is 8.79. The van der Waals surface area contributed by atoms with E-state index in [1.165, 1.54) is 25.7 Å². The third-order valence-electron chi connectivity index (χ3n) is 4.27. The van der Waals surface area contributed by atoms with E-state index in [1.54, 1.807) is 7.11 Å². The van der Waals surface area contributed by atoms with Gasteiger partial charge in [-0.25, -0.2) is 0 Å². The fourth-order valence-electron chi connectivity index (χ4n) is 2.87. The molecule has 98 valence electrons. The zero-order valence-electron chi connectivity index (χ0n) is 11.0. The van der Waals surface area contributed by atoms with Crippen LogP contribution in [0.3, 0.4) is 0 Å². The highest BCUT2D eigenvalue weighted by Gasteiger charge is 2.41. The number of rotatable bonds is 6. The number of nitrogens with one attached hydrogen (secondary N) is 1. The van der Waals surface area contributed by atoms with E-state index in [-0.39, 0.29) is 0 Å². The van der Waals surface area contributed by atoms with Crippen molar-refractivity contribution in [3.63, 3.8) is 0 Å². The second-order valence-electron chi connectivity index (χ2n) is 5.64. The Kier molecular flexibility index (Phi) is 3.06. The van der Waals surface area contributed by atoms with E-state index in [0.29, 0.717) is 0 Å². The van der Waals surface area contributed by atoms with Crippen LogP contribution in [0.4, 0.5) is 11.4 Å². The first-order valence-electron chi connectivity index (χ1n) is 6.96. The predicted molar refractivity (Wildman–Crippen MR) is 74.8 cm³/mol. The van der Waals surface area contributed by atoms with Crippen molar-refractivity contribution in [1.82, 2.24) is 0 Å². The van der Waals surface area contributed by atoms with E-state index in [9.17, 15) is 0 Å². The lowest BCUT2D eigenvalue weighted by Crippen LogP contribution is -2.18. The number of nitrogen functional groups attached to an aromatic ring is 1. The van der Waals surface area contributed by atoms with Crippen LogP contribution in [0.25, 0.3) is 0 Å². The SMILES string of the molecule is COc1cccc(NCC(C2CC2)C2CC2)c1N. The molecule has 0 radical (unpaired) electrons. The molecule has 2 fully saturated rings. The Labute approximate surface area is 109 Å². The van der Waals surface area contributed by atoms with E-state index in [2.05, 4.69) is 5.32 Å². The van der Waals surface area contributed by atoms with Gasteiger partial charge in [-0.15, -0.1) is 0 Å². The highest BCUT2D eigenvalue weighted by molar-refractivity contribution is 5.72. The van der Waals surface area contributed by atoms with Gasteiger partial charge in [0, 0.05) is 6.54 Å². The Bertz CT molecular complexity index is 413. The van der Waals surface area contributed by atoms with Gasteiger partial charge in [0.05, 0.1) is 18.5 Å². The van der Waals surface area contributed by atoms with Crippen molar-refractivity contribution < 1.29 is 4.74 Å². The van der Waals surface area contributed by atoms with Crippen molar-refractivity contribution in [2.75, 3.05) is 24.7 Å². The maximum atomic E-state index is 6.08. The summed E-state index contributed by atoms with van der Waals surface area (Å²) in [5.74, 6) is 3.55. The lowest BCUT2D eigenvalue weighted by molar-refractivity contribution is 0.416. The van der Waals surface area contributed by atoms with Crippen molar-refractivity contribution >= 4 is 11.4 Å². The molecule has 0 aromatic heterocycles. The third-order valence-corrected chi connectivity index (χ3v) is 4.27. The Hall–Kier alpha value is -1.38. The molecule has 1 aromatic rings. The van der Waals surface area contributed by atoms with Crippen LogP contribution in [-0.2, 0) is 0 Å². The number of nitrogens with two attached hydrogens (primary N) is 1. The topological polar surface area (TPSA) is 47.3 Å². The Morgan fingerprint density at radius 1 is 1.28 bits per heavy atom. The summed E-state index contributed by atoms with van der Waals surface area (Å²) in [6.07, 6.45) is 5.71. The summed E-state index contributed by atoms with van der Waals surface area (Å²) in [4.78, 5) is 0. The predicted octanol–water partition coefficient (Wildman–Crippen LogP) is 3.13. The molecule has 3 nitrogen and oxygen atoms in total. The Morgan fingerprint density at radius 2 is 1.94 bits per heavy atom. The molecule has 0 atom stereocenters. The Morgan fingerprint density at radius 3 is 2.50 bits per heavy atom. The first kappa shape index (κ1) is 11.7. The van der Waals surface area contributed by atoms with Crippen LogP contribution in [0.5, 0.6) is 5.75 Å². The van der Waals surface area contributed by atoms with E-state index < -0.39 is 0 Å². The van der Waals surface area contributed by atoms with Crippen molar-refractivity contribution in [3.05, 3.63) is 18.2 Å². The second kappa shape index (κ2) is 4.71. The molecule has 0 heterocycles. The summed E-state index contributed by atoms with van der Waals surface area (Å²) in [5, 5.41) is 3.53. The second-order valence-corrected chi connectivity index (χ2v) is 5.64. The molecule has 18 heavy (non-hydrogen) atoms. The lowest BCUT2D eigenvalue weighted by Gasteiger charge is -2.18. The molecule has 2 aliphatic carbocycles. The van der Waals surface area contributed by atoms with Crippen LogP contribution in [0.15, 0.2) is 18.2 Å². The third kappa shape index (κ3) is 2.40. The number of anilines is 2. The van der Waals surface area contributed by atoms with E-state index >= 15 is 0 Å². The maximum Gasteiger partial charge on any atom is 0.143 e. The molecule has 2 aliphatic rings. The zero-order valence-corrected chi connectivity index (χ0v) is 11.0. The number of ether oxygens (including phenoxy) is 1. The number of hydrogen-bond acceptors (Lipinski definition) is 3. The molecule has 0 aliphatic heterocycles. The van der Waals surface area contributed by atoms with Crippen molar-refractivity contribution in [2.45, 2.75) is 25.7 Å². The molecule has 0 amide bonds. The average Bonchev–Trinajstić information content (AvgIpc) is 3.25. The molecule has 0 spiro atoms.